The van der Waals surface area contributed by atoms with Crippen LogP contribution in [0.5, 0.6) is 0 Å². The second-order valence-corrected chi connectivity index (χ2v) is 4.33. The second kappa shape index (κ2) is 10.5. The molecule has 0 spiro atoms. The van der Waals surface area contributed by atoms with E-state index in [-0.39, 0.29) is 6.61 Å². The molecule has 1 atom stereocenters. The highest BCUT2D eigenvalue weighted by atomic mass is 16.5. The van der Waals surface area contributed by atoms with Gasteiger partial charge in [-0.3, -0.25) is 0 Å². The highest BCUT2D eigenvalue weighted by Gasteiger charge is 2.13. The lowest BCUT2D eigenvalue weighted by Gasteiger charge is -2.22. The van der Waals surface area contributed by atoms with Gasteiger partial charge in [-0.05, 0) is 38.5 Å². The Morgan fingerprint density at radius 2 is 1.94 bits per heavy atom. The summed E-state index contributed by atoms with van der Waals surface area (Å²) in [7, 11) is 0. The van der Waals surface area contributed by atoms with Gasteiger partial charge in [-0.1, -0.05) is 0 Å². The van der Waals surface area contributed by atoms with Crippen LogP contribution >= 0.6 is 0 Å². The van der Waals surface area contributed by atoms with E-state index in [1.807, 2.05) is 6.07 Å². The first-order chi connectivity index (χ1) is 8.43. The van der Waals surface area contributed by atoms with Crippen molar-refractivity contribution in [3.63, 3.8) is 0 Å². The van der Waals surface area contributed by atoms with E-state index in [1.165, 1.54) is 12.8 Å². The molecule has 1 fully saturated rings. The Morgan fingerprint density at radius 1 is 1.12 bits per heavy atom. The summed E-state index contributed by atoms with van der Waals surface area (Å²) in [4.78, 5) is 0. The van der Waals surface area contributed by atoms with E-state index in [1.54, 1.807) is 0 Å². The number of unbranched alkanes of at least 4 members (excludes halogenated alkanes) is 2. The average molecular weight is 241 g/mol. The van der Waals surface area contributed by atoms with E-state index < -0.39 is 0 Å². The van der Waals surface area contributed by atoms with Crippen LogP contribution in [0, 0.1) is 11.3 Å². The standard InChI is InChI=1S/C13H23NO3/c14-7-11-15-8-3-1-4-9-16-12-13-6-2-5-10-17-13/h13H,1-6,8-12H2. The average Bonchev–Trinajstić information content (AvgIpc) is 2.38. The van der Waals surface area contributed by atoms with E-state index in [9.17, 15) is 0 Å². The maximum Gasteiger partial charge on any atom is 0.133 e. The molecule has 1 aliphatic rings. The molecule has 0 aromatic rings. The smallest absolute Gasteiger partial charge is 0.133 e. The predicted molar refractivity (Wildman–Crippen MR) is 64.7 cm³/mol. The maximum atomic E-state index is 8.26. The fraction of sp³-hybridized carbons (Fsp3) is 0.923. The van der Waals surface area contributed by atoms with E-state index in [2.05, 4.69) is 0 Å². The summed E-state index contributed by atoms with van der Waals surface area (Å²) in [5.74, 6) is 0. The lowest BCUT2D eigenvalue weighted by Crippen LogP contribution is -2.24. The van der Waals surface area contributed by atoms with Gasteiger partial charge in [0.05, 0.1) is 18.8 Å². The van der Waals surface area contributed by atoms with Gasteiger partial charge < -0.3 is 14.2 Å². The van der Waals surface area contributed by atoms with Gasteiger partial charge in [-0.25, -0.2) is 0 Å². The molecule has 0 aliphatic carbocycles. The molecule has 0 aromatic heterocycles. The van der Waals surface area contributed by atoms with Crippen LogP contribution in [0.2, 0.25) is 0 Å². The number of ether oxygens (including phenoxy) is 3. The molecule has 1 heterocycles. The molecule has 0 radical (unpaired) electrons. The Morgan fingerprint density at radius 3 is 2.65 bits per heavy atom. The van der Waals surface area contributed by atoms with Gasteiger partial charge in [-0.15, -0.1) is 0 Å². The first kappa shape index (κ1) is 14.4. The molecule has 1 unspecified atom stereocenters. The van der Waals surface area contributed by atoms with Crippen molar-refractivity contribution in [1.29, 1.82) is 5.26 Å². The van der Waals surface area contributed by atoms with Crippen LogP contribution in [0.3, 0.4) is 0 Å². The van der Waals surface area contributed by atoms with Crippen molar-refractivity contribution in [2.45, 2.75) is 44.6 Å². The van der Waals surface area contributed by atoms with Gasteiger partial charge in [0.2, 0.25) is 0 Å². The Hall–Kier alpha value is -0.630. The number of nitrogens with zero attached hydrogens (tertiary/aromatic N) is 1. The summed E-state index contributed by atoms with van der Waals surface area (Å²) in [6.07, 6.45) is 7.08. The van der Waals surface area contributed by atoms with Crippen LogP contribution in [0.25, 0.3) is 0 Å². The molecule has 1 rings (SSSR count). The van der Waals surface area contributed by atoms with Gasteiger partial charge in [0.1, 0.15) is 6.61 Å². The molecule has 17 heavy (non-hydrogen) atoms. The largest absolute Gasteiger partial charge is 0.379 e. The van der Waals surface area contributed by atoms with Crippen LogP contribution in [0.1, 0.15) is 38.5 Å². The lowest BCUT2D eigenvalue weighted by atomic mass is 10.1. The summed E-state index contributed by atoms with van der Waals surface area (Å²) in [5.41, 5.74) is 0. The van der Waals surface area contributed by atoms with Crippen molar-refractivity contribution >= 4 is 0 Å². The number of hydrogen-bond donors (Lipinski definition) is 0. The minimum absolute atomic E-state index is 0.204. The van der Waals surface area contributed by atoms with E-state index >= 15 is 0 Å². The lowest BCUT2D eigenvalue weighted by molar-refractivity contribution is -0.0412. The molecule has 1 saturated heterocycles. The first-order valence-corrected chi connectivity index (χ1v) is 6.57. The summed E-state index contributed by atoms with van der Waals surface area (Å²) in [5, 5.41) is 8.26. The van der Waals surface area contributed by atoms with Crippen molar-refractivity contribution in [2.24, 2.45) is 0 Å². The number of rotatable bonds is 9. The minimum atomic E-state index is 0.204. The van der Waals surface area contributed by atoms with Gasteiger partial charge in [0.15, 0.2) is 0 Å². The normalized spacial score (nSPS) is 20.1. The highest BCUT2D eigenvalue weighted by Crippen LogP contribution is 2.12. The van der Waals surface area contributed by atoms with Crippen LogP contribution in [-0.2, 0) is 14.2 Å². The van der Waals surface area contributed by atoms with Crippen molar-refractivity contribution < 1.29 is 14.2 Å². The SMILES string of the molecule is N#CCOCCCCCOCC1CCCCO1. The van der Waals surface area contributed by atoms with Crippen molar-refractivity contribution in [2.75, 3.05) is 33.0 Å². The summed E-state index contributed by atoms with van der Waals surface area (Å²) >= 11 is 0. The summed E-state index contributed by atoms with van der Waals surface area (Å²) in [6, 6.07) is 1.95. The zero-order chi connectivity index (χ0) is 12.2. The van der Waals surface area contributed by atoms with Crippen LogP contribution < -0.4 is 0 Å². The van der Waals surface area contributed by atoms with Crippen molar-refractivity contribution in [3.05, 3.63) is 0 Å². The quantitative estimate of drug-likeness (QED) is 0.581. The zero-order valence-corrected chi connectivity index (χ0v) is 10.5. The highest BCUT2D eigenvalue weighted by molar-refractivity contribution is 4.66. The predicted octanol–water partition coefficient (Wildman–Crippen LogP) is 2.28. The van der Waals surface area contributed by atoms with Crippen molar-refractivity contribution in [1.82, 2.24) is 0 Å². The maximum absolute atomic E-state index is 8.26. The van der Waals surface area contributed by atoms with E-state index in [0.29, 0.717) is 12.7 Å². The molecular weight excluding hydrogens is 218 g/mol. The molecule has 98 valence electrons. The van der Waals surface area contributed by atoms with Gasteiger partial charge in [0, 0.05) is 19.8 Å². The molecule has 0 amide bonds. The second-order valence-electron chi connectivity index (χ2n) is 4.33. The third kappa shape index (κ3) is 8.14. The monoisotopic (exact) mass is 241 g/mol. The third-order valence-corrected chi connectivity index (χ3v) is 2.82. The zero-order valence-electron chi connectivity index (χ0n) is 10.5. The van der Waals surface area contributed by atoms with Gasteiger partial charge in [0.25, 0.3) is 0 Å². The molecule has 0 aromatic carbocycles. The number of nitriles is 1. The van der Waals surface area contributed by atoms with Gasteiger partial charge >= 0.3 is 0 Å². The topological polar surface area (TPSA) is 51.5 Å². The Kier molecular flexibility index (Phi) is 8.93. The van der Waals surface area contributed by atoms with Crippen LogP contribution in [0.4, 0.5) is 0 Å². The fourth-order valence-corrected chi connectivity index (χ4v) is 1.86. The van der Waals surface area contributed by atoms with Crippen LogP contribution in [0.15, 0.2) is 0 Å². The molecular formula is C13H23NO3. The summed E-state index contributed by atoms with van der Waals surface area (Å²) in [6.45, 7) is 3.32. The molecule has 4 nitrogen and oxygen atoms in total. The molecule has 1 aliphatic heterocycles. The Bertz CT molecular complexity index is 209. The molecule has 0 bridgehead atoms. The fourth-order valence-electron chi connectivity index (χ4n) is 1.86. The Balaban J connectivity index is 1.76. The van der Waals surface area contributed by atoms with Crippen LogP contribution in [-0.4, -0.2) is 39.1 Å². The number of hydrogen-bond acceptors (Lipinski definition) is 4. The van der Waals surface area contributed by atoms with E-state index in [0.717, 1.165) is 45.5 Å². The first-order valence-electron chi connectivity index (χ1n) is 6.57. The Labute approximate surface area is 104 Å². The van der Waals surface area contributed by atoms with Gasteiger partial charge in [-0.2, -0.15) is 5.26 Å². The molecule has 4 heteroatoms. The minimum Gasteiger partial charge on any atom is -0.379 e. The molecule has 0 saturated carbocycles. The summed E-state index contributed by atoms with van der Waals surface area (Å²) < 4.78 is 16.2. The van der Waals surface area contributed by atoms with Crippen molar-refractivity contribution in [3.8, 4) is 6.07 Å². The van der Waals surface area contributed by atoms with E-state index in [4.69, 9.17) is 19.5 Å². The third-order valence-electron chi connectivity index (χ3n) is 2.82. The molecule has 0 N–H and O–H groups in total.